The average Bonchev–Trinajstić information content (AvgIpc) is 2.81. The summed E-state index contributed by atoms with van der Waals surface area (Å²) in [6, 6.07) is 6.18. The molecule has 1 aliphatic heterocycles. The zero-order valence-corrected chi connectivity index (χ0v) is 9.61. The Morgan fingerprint density at radius 2 is 2.06 bits per heavy atom. The fourth-order valence-electron chi connectivity index (χ4n) is 2.04. The molecular formula is C13H18O3. The fraction of sp³-hybridized carbons (Fsp3) is 0.538. The van der Waals surface area contributed by atoms with Crippen LogP contribution in [0.15, 0.2) is 18.2 Å². The van der Waals surface area contributed by atoms with E-state index in [9.17, 15) is 0 Å². The van der Waals surface area contributed by atoms with E-state index >= 15 is 0 Å². The van der Waals surface area contributed by atoms with Crippen LogP contribution in [-0.4, -0.2) is 24.9 Å². The highest BCUT2D eigenvalue weighted by Gasteiger charge is 2.20. The SMILES string of the molecule is Cc1c(CCCO)cccc1C1OCCO1. The van der Waals surface area contributed by atoms with Gasteiger partial charge in [0.05, 0.1) is 13.2 Å². The number of benzene rings is 1. The first-order chi connectivity index (χ1) is 7.83. The molecule has 0 amide bonds. The molecule has 0 spiro atoms. The van der Waals surface area contributed by atoms with E-state index in [0.29, 0.717) is 13.2 Å². The highest BCUT2D eigenvalue weighted by atomic mass is 16.7. The second-order valence-electron chi connectivity index (χ2n) is 4.03. The van der Waals surface area contributed by atoms with Crippen molar-refractivity contribution >= 4 is 0 Å². The molecule has 0 unspecified atom stereocenters. The predicted octanol–water partition coefficient (Wildman–Crippen LogP) is 1.97. The number of rotatable bonds is 4. The molecule has 16 heavy (non-hydrogen) atoms. The minimum Gasteiger partial charge on any atom is -0.396 e. The van der Waals surface area contributed by atoms with Crippen molar-refractivity contribution in [3.63, 3.8) is 0 Å². The largest absolute Gasteiger partial charge is 0.396 e. The number of ether oxygens (including phenoxy) is 2. The normalized spacial score (nSPS) is 16.9. The summed E-state index contributed by atoms with van der Waals surface area (Å²) in [7, 11) is 0. The van der Waals surface area contributed by atoms with E-state index < -0.39 is 0 Å². The van der Waals surface area contributed by atoms with Gasteiger partial charge in [-0.1, -0.05) is 18.2 Å². The van der Waals surface area contributed by atoms with Crippen molar-refractivity contribution in [2.24, 2.45) is 0 Å². The molecule has 2 rings (SSSR count). The summed E-state index contributed by atoms with van der Waals surface area (Å²) in [5.74, 6) is 0. The number of hydrogen-bond donors (Lipinski definition) is 1. The van der Waals surface area contributed by atoms with Crippen molar-refractivity contribution in [1.82, 2.24) is 0 Å². The molecule has 0 saturated carbocycles. The Morgan fingerprint density at radius 1 is 1.31 bits per heavy atom. The molecular weight excluding hydrogens is 204 g/mol. The second kappa shape index (κ2) is 5.43. The van der Waals surface area contributed by atoms with Crippen molar-refractivity contribution in [2.75, 3.05) is 19.8 Å². The van der Waals surface area contributed by atoms with Gasteiger partial charge in [-0.05, 0) is 30.9 Å². The molecule has 1 aromatic rings. The molecule has 0 aliphatic carbocycles. The predicted molar refractivity (Wildman–Crippen MR) is 61.2 cm³/mol. The van der Waals surface area contributed by atoms with Crippen LogP contribution >= 0.6 is 0 Å². The summed E-state index contributed by atoms with van der Waals surface area (Å²) in [4.78, 5) is 0. The zero-order chi connectivity index (χ0) is 11.4. The monoisotopic (exact) mass is 222 g/mol. The van der Waals surface area contributed by atoms with E-state index in [2.05, 4.69) is 13.0 Å². The molecule has 1 aromatic carbocycles. The van der Waals surface area contributed by atoms with Crippen molar-refractivity contribution in [3.8, 4) is 0 Å². The van der Waals surface area contributed by atoms with Crippen LogP contribution in [0, 0.1) is 6.92 Å². The van der Waals surface area contributed by atoms with Crippen LogP contribution in [0.25, 0.3) is 0 Å². The highest BCUT2D eigenvalue weighted by Crippen LogP contribution is 2.28. The van der Waals surface area contributed by atoms with Gasteiger partial charge in [-0.25, -0.2) is 0 Å². The molecule has 0 atom stereocenters. The summed E-state index contributed by atoms with van der Waals surface area (Å²) in [5.41, 5.74) is 3.61. The van der Waals surface area contributed by atoms with Gasteiger partial charge in [-0.3, -0.25) is 0 Å². The Bertz CT molecular complexity index is 343. The second-order valence-corrected chi connectivity index (χ2v) is 4.03. The molecule has 0 bridgehead atoms. The molecule has 0 aromatic heterocycles. The summed E-state index contributed by atoms with van der Waals surface area (Å²) in [6.07, 6.45) is 1.51. The number of hydrogen-bond acceptors (Lipinski definition) is 3. The van der Waals surface area contributed by atoms with Gasteiger partial charge in [0.25, 0.3) is 0 Å². The lowest BCUT2D eigenvalue weighted by Gasteiger charge is -2.15. The van der Waals surface area contributed by atoms with Gasteiger partial charge in [-0.15, -0.1) is 0 Å². The maximum atomic E-state index is 8.85. The maximum Gasteiger partial charge on any atom is 0.184 e. The van der Waals surface area contributed by atoms with Crippen LogP contribution in [0.4, 0.5) is 0 Å². The van der Waals surface area contributed by atoms with E-state index in [-0.39, 0.29) is 12.9 Å². The van der Waals surface area contributed by atoms with Gasteiger partial charge < -0.3 is 14.6 Å². The molecule has 1 N–H and O–H groups in total. The smallest absolute Gasteiger partial charge is 0.184 e. The standard InChI is InChI=1S/C13H18O3/c1-10-11(5-3-7-14)4-2-6-12(10)13-15-8-9-16-13/h2,4,6,13-14H,3,5,7-9H2,1H3. The Labute approximate surface area is 96.0 Å². The van der Waals surface area contributed by atoms with Crippen LogP contribution in [0.5, 0.6) is 0 Å². The Hall–Kier alpha value is -0.900. The van der Waals surface area contributed by atoms with Crippen molar-refractivity contribution in [2.45, 2.75) is 26.1 Å². The van der Waals surface area contributed by atoms with Crippen molar-refractivity contribution < 1.29 is 14.6 Å². The number of aliphatic hydroxyl groups excluding tert-OH is 1. The van der Waals surface area contributed by atoms with Crippen LogP contribution in [0.2, 0.25) is 0 Å². The van der Waals surface area contributed by atoms with E-state index in [4.69, 9.17) is 14.6 Å². The fourth-order valence-corrected chi connectivity index (χ4v) is 2.04. The van der Waals surface area contributed by atoms with E-state index in [1.807, 2.05) is 12.1 Å². The van der Waals surface area contributed by atoms with Crippen molar-refractivity contribution in [1.29, 1.82) is 0 Å². The summed E-state index contributed by atoms with van der Waals surface area (Å²) >= 11 is 0. The Balaban J connectivity index is 2.18. The summed E-state index contributed by atoms with van der Waals surface area (Å²) in [6.45, 7) is 3.67. The lowest BCUT2D eigenvalue weighted by atomic mass is 9.98. The number of aliphatic hydroxyl groups is 1. The van der Waals surface area contributed by atoms with Gasteiger partial charge in [0.15, 0.2) is 6.29 Å². The van der Waals surface area contributed by atoms with Crippen LogP contribution in [-0.2, 0) is 15.9 Å². The molecule has 88 valence electrons. The molecule has 1 heterocycles. The minimum atomic E-state index is -0.200. The summed E-state index contributed by atoms with van der Waals surface area (Å²) < 4.78 is 11.0. The van der Waals surface area contributed by atoms with E-state index in [0.717, 1.165) is 18.4 Å². The zero-order valence-electron chi connectivity index (χ0n) is 9.61. The highest BCUT2D eigenvalue weighted by molar-refractivity contribution is 5.35. The summed E-state index contributed by atoms with van der Waals surface area (Å²) in [5, 5.41) is 8.85. The Kier molecular flexibility index (Phi) is 3.93. The van der Waals surface area contributed by atoms with Gasteiger partial charge in [0.2, 0.25) is 0 Å². The molecule has 0 radical (unpaired) electrons. The third-order valence-electron chi connectivity index (χ3n) is 2.97. The van der Waals surface area contributed by atoms with E-state index in [1.165, 1.54) is 11.1 Å². The number of aryl methyl sites for hydroxylation is 1. The Morgan fingerprint density at radius 3 is 2.75 bits per heavy atom. The maximum absolute atomic E-state index is 8.85. The molecule has 3 heteroatoms. The molecule has 3 nitrogen and oxygen atoms in total. The molecule has 1 saturated heterocycles. The quantitative estimate of drug-likeness (QED) is 0.846. The lowest BCUT2D eigenvalue weighted by Crippen LogP contribution is -2.03. The van der Waals surface area contributed by atoms with Gasteiger partial charge in [0, 0.05) is 12.2 Å². The minimum absolute atomic E-state index is 0.200. The van der Waals surface area contributed by atoms with Crippen LogP contribution < -0.4 is 0 Å². The van der Waals surface area contributed by atoms with Gasteiger partial charge >= 0.3 is 0 Å². The van der Waals surface area contributed by atoms with Crippen LogP contribution in [0.3, 0.4) is 0 Å². The molecule has 1 aliphatic rings. The third-order valence-corrected chi connectivity index (χ3v) is 2.97. The average molecular weight is 222 g/mol. The van der Waals surface area contributed by atoms with Crippen LogP contribution in [0.1, 0.15) is 29.4 Å². The first kappa shape index (κ1) is 11.6. The molecule has 1 fully saturated rings. The van der Waals surface area contributed by atoms with Gasteiger partial charge in [0.1, 0.15) is 0 Å². The topological polar surface area (TPSA) is 38.7 Å². The third kappa shape index (κ3) is 2.43. The first-order valence-electron chi connectivity index (χ1n) is 5.75. The lowest BCUT2D eigenvalue weighted by molar-refractivity contribution is -0.0445. The van der Waals surface area contributed by atoms with Crippen molar-refractivity contribution in [3.05, 3.63) is 34.9 Å². The first-order valence-corrected chi connectivity index (χ1v) is 5.75. The van der Waals surface area contributed by atoms with E-state index in [1.54, 1.807) is 0 Å². The van der Waals surface area contributed by atoms with Gasteiger partial charge in [-0.2, -0.15) is 0 Å².